The van der Waals surface area contributed by atoms with Crippen molar-refractivity contribution in [1.29, 1.82) is 0 Å². The van der Waals surface area contributed by atoms with Gasteiger partial charge in [0.1, 0.15) is 17.2 Å². The van der Waals surface area contributed by atoms with Crippen LogP contribution in [0, 0.1) is 5.92 Å². The van der Waals surface area contributed by atoms with Gasteiger partial charge >= 0.3 is 42.4 Å². The van der Waals surface area contributed by atoms with Crippen LogP contribution >= 0.6 is 0 Å². The van der Waals surface area contributed by atoms with Gasteiger partial charge in [0, 0.05) is 0 Å². The first-order valence-corrected chi connectivity index (χ1v) is 21.1. The second kappa shape index (κ2) is 15.1. The van der Waals surface area contributed by atoms with Crippen molar-refractivity contribution in [3.63, 3.8) is 0 Å². The summed E-state index contributed by atoms with van der Waals surface area (Å²) in [6.07, 6.45) is 2.87. The highest BCUT2D eigenvalue weighted by Crippen LogP contribution is 2.23. The Hall–Kier alpha value is -1.78. The van der Waals surface area contributed by atoms with E-state index < -0.39 is 42.4 Å². The van der Waals surface area contributed by atoms with Gasteiger partial charge in [-0.15, -0.1) is 0 Å². The average molecular weight is 592 g/mol. The van der Waals surface area contributed by atoms with Gasteiger partial charge < -0.3 is 30.7 Å². The van der Waals surface area contributed by atoms with E-state index in [4.69, 9.17) is 30.7 Å². The number of ether oxygens (including phenoxy) is 3. The molecule has 12 heteroatoms. The Bertz CT molecular complexity index is 978. The number of carbonyl (C=O) groups excluding carboxylic acids is 1. The number of hydrogen-bond donors (Lipinski definition) is 0. The molecule has 8 nitrogen and oxygen atoms in total. The fraction of sp³-hybridized carbons (Fsp3) is 0.500. The van der Waals surface area contributed by atoms with E-state index in [9.17, 15) is 4.79 Å². The predicted molar refractivity (Wildman–Crippen MR) is 153 cm³/mol. The van der Waals surface area contributed by atoms with Crippen LogP contribution in [0.15, 0.2) is 48.5 Å². The van der Waals surface area contributed by atoms with Crippen molar-refractivity contribution in [1.82, 2.24) is 0 Å². The van der Waals surface area contributed by atoms with E-state index in [1.54, 1.807) is 36.4 Å². The van der Waals surface area contributed by atoms with E-state index in [1.807, 2.05) is 31.8 Å². The van der Waals surface area contributed by atoms with Crippen LogP contribution < -0.4 is 14.2 Å². The minimum absolute atomic E-state index is 0.416. The number of carbonyl (C=O) groups is 1. The molecule has 1 saturated heterocycles. The van der Waals surface area contributed by atoms with Crippen molar-refractivity contribution in [2.75, 3.05) is 13.2 Å². The molecule has 1 atom stereocenters. The molecule has 2 aromatic rings. The van der Waals surface area contributed by atoms with E-state index >= 15 is 0 Å². The largest absolute Gasteiger partial charge is 0.494 e. The molecule has 1 heterocycles. The lowest BCUT2D eigenvalue weighted by molar-refractivity contribution is 0.0734. The van der Waals surface area contributed by atoms with Gasteiger partial charge in [0.25, 0.3) is 0 Å². The van der Waals surface area contributed by atoms with Gasteiger partial charge in [-0.3, -0.25) is 0 Å². The molecule has 2 aromatic carbocycles. The SMILES string of the molecule is CCC(C)COc1ccc(OC(=O)c2ccc(OCCCC[Si]3(C)O[Si](C)O[Si](C)O[Si](C)O3)cc2)cc1. The second-order valence-electron chi connectivity index (χ2n) is 9.53. The quantitative estimate of drug-likeness (QED) is 0.129. The molecule has 0 aromatic heterocycles. The Labute approximate surface area is 233 Å². The topological polar surface area (TPSA) is 81.7 Å². The molecule has 0 bridgehead atoms. The standard InChI is InChI=1S/C26H39O8Si4/c1-7-21(2)20-29-24-14-16-25(17-15-24)30-26(27)22-10-12-23(13-11-22)28-18-8-9-19-38(6)33-36(4)31-35(3)32-37(5)34-38/h10-17,21H,7-9,18-20H2,1-6H3. The first kappa shape index (κ1) is 30.8. The zero-order chi connectivity index (χ0) is 27.5. The summed E-state index contributed by atoms with van der Waals surface area (Å²) in [5.41, 5.74) is 0.460. The fourth-order valence-corrected chi connectivity index (χ4v) is 15.7. The molecule has 3 rings (SSSR count). The van der Waals surface area contributed by atoms with Crippen molar-refractivity contribution < 1.29 is 35.5 Å². The van der Waals surface area contributed by atoms with Gasteiger partial charge in [-0.1, -0.05) is 20.3 Å². The minimum atomic E-state index is -2.33. The van der Waals surface area contributed by atoms with E-state index in [2.05, 4.69) is 20.4 Å². The average Bonchev–Trinajstić information content (AvgIpc) is 2.87. The highest BCUT2D eigenvalue weighted by Gasteiger charge is 2.40. The van der Waals surface area contributed by atoms with Crippen LogP contribution in [0.1, 0.15) is 43.5 Å². The van der Waals surface area contributed by atoms with Crippen molar-refractivity contribution in [2.45, 2.75) is 65.3 Å². The summed E-state index contributed by atoms with van der Waals surface area (Å²) in [7, 11) is -6.32. The fourth-order valence-electron chi connectivity index (χ4n) is 3.75. The van der Waals surface area contributed by atoms with Crippen LogP contribution in [0.4, 0.5) is 0 Å². The number of unbranched alkanes of at least 4 members (excludes halogenated alkanes) is 1. The second-order valence-corrected chi connectivity index (χ2v) is 18.5. The van der Waals surface area contributed by atoms with Gasteiger partial charge in [-0.2, -0.15) is 0 Å². The van der Waals surface area contributed by atoms with Gasteiger partial charge in [0.05, 0.1) is 18.8 Å². The summed E-state index contributed by atoms with van der Waals surface area (Å²) in [5.74, 6) is 2.03. The van der Waals surface area contributed by atoms with E-state index in [1.165, 1.54) is 0 Å². The molecule has 3 radical (unpaired) electrons. The maximum Gasteiger partial charge on any atom is 0.362 e. The summed E-state index contributed by atoms with van der Waals surface area (Å²) >= 11 is 0. The maximum atomic E-state index is 12.5. The van der Waals surface area contributed by atoms with Crippen LogP contribution in [-0.2, 0) is 16.5 Å². The zero-order valence-corrected chi connectivity index (χ0v) is 27.2. The molecular formula is C26H39O8Si4. The van der Waals surface area contributed by atoms with Gasteiger partial charge in [-0.25, -0.2) is 4.79 Å². The lowest BCUT2D eigenvalue weighted by Crippen LogP contribution is -2.52. The first-order valence-electron chi connectivity index (χ1n) is 13.1. The number of hydrogen-bond acceptors (Lipinski definition) is 8. The highest BCUT2D eigenvalue weighted by atomic mass is 28.5. The summed E-state index contributed by atoms with van der Waals surface area (Å²) in [5, 5.41) is 0. The maximum absolute atomic E-state index is 12.5. The van der Waals surface area contributed by atoms with Gasteiger partial charge in [0.2, 0.25) is 0 Å². The molecule has 1 aliphatic rings. The van der Waals surface area contributed by atoms with Crippen LogP contribution in [0.2, 0.25) is 32.2 Å². The highest BCUT2D eigenvalue weighted by molar-refractivity contribution is 6.81. The third-order valence-electron chi connectivity index (χ3n) is 5.94. The van der Waals surface area contributed by atoms with Crippen molar-refractivity contribution in [3.05, 3.63) is 54.1 Å². The van der Waals surface area contributed by atoms with Crippen molar-refractivity contribution in [3.8, 4) is 17.2 Å². The molecular weight excluding hydrogens is 553 g/mol. The Morgan fingerprint density at radius 2 is 1.39 bits per heavy atom. The Balaban J connectivity index is 1.39. The summed E-state index contributed by atoms with van der Waals surface area (Å²) in [6, 6.07) is 15.0. The van der Waals surface area contributed by atoms with E-state index in [0.717, 1.165) is 31.1 Å². The smallest absolute Gasteiger partial charge is 0.362 e. The molecule has 0 amide bonds. The molecule has 0 spiro atoms. The molecule has 38 heavy (non-hydrogen) atoms. The van der Waals surface area contributed by atoms with E-state index in [-0.39, 0.29) is 0 Å². The Morgan fingerprint density at radius 3 is 2.00 bits per heavy atom. The molecule has 1 aliphatic heterocycles. The predicted octanol–water partition coefficient (Wildman–Crippen LogP) is 6.00. The van der Waals surface area contributed by atoms with Crippen LogP contribution in [0.25, 0.3) is 0 Å². The number of benzene rings is 2. The zero-order valence-electron chi connectivity index (χ0n) is 23.2. The van der Waals surface area contributed by atoms with Gasteiger partial charge in [0.15, 0.2) is 0 Å². The molecule has 1 unspecified atom stereocenters. The number of rotatable bonds is 12. The molecule has 0 N–H and O–H groups in total. The summed E-state index contributed by atoms with van der Waals surface area (Å²) < 4.78 is 41.5. The molecule has 0 aliphatic carbocycles. The van der Waals surface area contributed by atoms with Crippen LogP contribution in [0.3, 0.4) is 0 Å². The van der Waals surface area contributed by atoms with Gasteiger partial charge in [-0.05, 0) is 99.5 Å². The molecule has 207 valence electrons. The Morgan fingerprint density at radius 1 is 0.842 bits per heavy atom. The third-order valence-corrected chi connectivity index (χ3v) is 17.6. The van der Waals surface area contributed by atoms with Crippen molar-refractivity contribution >= 4 is 42.4 Å². The number of esters is 1. The summed E-state index contributed by atoms with van der Waals surface area (Å²) in [6.45, 7) is 13.6. The molecule has 0 saturated carbocycles. The Kier molecular flexibility index (Phi) is 12.2. The van der Waals surface area contributed by atoms with Crippen LogP contribution in [0.5, 0.6) is 17.2 Å². The summed E-state index contributed by atoms with van der Waals surface area (Å²) in [4.78, 5) is 12.5. The normalized spacial score (nSPS) is 17.8. The first-order chi connectivity index (χ1) is 18.2. The lowest BCUT2D eigenvalue weighted by Gasteiger charge is -2.35. The van der Waals surface area contributed by atoms with E-state index in [0.29, 0.717) is 36.2 Å². The minimum Gasteiger partial charge on any atom is -0.494 e. The third kappa shape index (κ3) is 10.4. The van der Waals surface area contributed by atoms with Crippen LogP contribution in [-0.4, -0.2) is 55.6 Å². The molecule has 1 fully saturated rings. The van der Waals surface area contributed by atoms with Crippen molar-refractivity contribution in [2.24, 2.45) is 5.92 Å². The lowest BCUT2D eigenvalue weighted by atomic mass is 10.1. The monoisotopic (exact) mass is 591 g/mol.